The summed E-state index contributed by atoms with van der Waals surface area (Å²) >= 11 is 0. The molecule has 5 heteroatoms. The number of hydrogen-bond acceptors (Lipinski definition) is 3. The highest BCUT2D eigenvalue weighted by atomic mass is 16.6. The first kappa shape index (κ1) is 18.1. The molecule has 0 radical (unpaired) electrons. The van der Waals surface area contributed by atoms with Crippen molar-refractivity contribution in [1.82, 2.24) is 14.9 Å². The van der Waals surface area contributed by atoms with Crippen LogP contribution in [-0.2, 0) is 4.74 Å². The molecule has 0 bridgehead atoms. The molecule has 1 N–H and O–H groups in total. The zero-order valence-corrected chi connectivity index (χ0v) is 15.8. The van der Waals surface area contributed by atoms with Gasteiger partial charge >= 0.3 is 6.09 Å². The largest absolute Gasteiger partial charge is 0.444 e. The van der Waals surface area contributed by atoms with Gasteiger partial charge in [-0.05, 0) is 58.2 Å². The minimum absolute atomic E-state index is 0.0659. The van der Waals surface area contributed by atoms with Crippen LogP contribution in [0.25, 0.3) is 11.3 Å². The summed E-state index contributed by atoms with van der Waals surface area (Å²) in [4.78, 5) is 22.1. The molecule has 0 spiro atoms. The monoisotopic (exact) mass is 351 g/mol. The second-order valence-corrected chi connectivity index (χ2v) is 7.47. The van der Waals surface area contributed by atoms with Crippen LogP contribution in [0, 0.1) is 11.8 Å². The van der Waals surface area contributed by atoms with Crippen LogP contribution < -0.4 is 0 Å². The van der Waals surface area contributed by atoms with Crippen molar-refractivity contribution in [2.24, 2.45) is 0 Å². The summed E-state index contributed by atoms with van der Waals surface area (Å²) in [7, 11) is 0. The van der Waals surface area contributed by atoms with Crippen LogP contribution in [0.2, 0.25) is 0 Å². The number of ether oxygens (including phenoxy) is 1. The van der Waals surface area contributed by atoms with Crippen molar-refractivity contribution in [3.05, 3.63) is 41.9 Å². The number of benzene rings is 1. The number of nitrogens with one attached hydrogen (secondary N) is 1. The van der Waals surface area contributed by atoms with Gasteiger partial charge in [-0.3, -0.25) is 4.90 Å². The van der Waals surface area contributed by atoms with Gasteiger partial charge in [0.05, 0.1) is 17.9 Å². The van der Waals surface area contributed by atoms with Gasteiger partial charge in [-0.1, -0.05) is 18.1 Å². The summed E-state index contributed by atoms with van der Waals surface area (Å²) in [6.07, 6.45) is 3.38. The third kappa shape index (κ3) is 4.08. The fourth-order valence-corrected chi connectivity index (χ4v) is 3.12. The lowest BCUT2D eigenvalue weighted by atomic mass is 10.1. The van der Waals surface area contributed by atoms with E-state index in [4.69, 9.17) is 4.74 Å². The summed E-state index contributed by atoms with van der Waals surface area (Å²) in [5.41, 5.74) is 2.48. The smallest absolute Gasteiger partial charge is 0.410 e. The van der Waals surface area contributed by atoms with Gasteiger partial charge in [-0.2, -0.15) is 0 Å². The number of likely N-dealkylation sites (tertiary alicyclic amines) is 1. The Kier molecular flexibility index (Phi) is 5.03. The van der Waals surface area contributed by atoms with Gasteiger partial charge < -0.3 is 9.72 Å². The highest BCUT2D eigenvalue weighted by Crippen LogP contribution is 2.32. The van der Waals surface area contributed by atoms with Gasteiger partial charge in [0.25, 0.3) is 0 Å². The zero-order chi connectivity index (χ0) is 18.7. The van der Waals surface area contributed by atoms with Crippen LogP contribution >= 0.6 is 0 Å². The Labute approximate surface area is 154 Å². The average molecular weight is 351 g/mol. The predicted molar refractivity (Wildman–Crippen MR) is 101 cm³/mol. The molecule has 0 saturated carbocycles. The summed E-state index contributed by atoms with van der Waals surface area (Å²) < 4.78 is 5.53. The average Bonchev–Trinajstić information content (AvgIpc) is 3.23. The van der Waals surface area contributed by atoms with E-state index in [2.05, 4.69) is 21.8 Å². The standard InChI is InChI=1S/C21H25N3O2/c1-5-7-15-9-11-16(12-10-15)17-14-22-19(23-17)18-8-6-13-24(18)20(25)26-21(2,3)4/h9-12,14,18H,6,8,13H2,1-4H3,(H,22,23). The maximum Gasteiger partial charge on any atom is 0.410 e. The topological polar surface area (TPSA) is 58.2 Å². The Bertz CT molecular complexity index is 835. The maximum atomic E-state index is 12.5. The van der Waals surface area contributed by atoms with E-state index >= 15 is 0 Å². The minimum atomic E-state index is -0.498. The molecule has 1 saturated heterocycles. The zero-order valence-electron chi connectivity index (χ0n) is 15.8. The molecule has 1 fully saturated rings. The Balaban J connectivity index is 1.77. The SMILES string of the molecule is CC#Cc1ccc(-c2cnc(C3CCCN3C(=O)OC(C)(C)C)[nH]2)cc1. The normalized spacial score (nSPS) is 16.9. The summed E-state index contributed by atoms with van der Waals surface area (Å²) in [6, 6.07) is 7.97. The number of hydrogen-bond donors (Lipinski definition) is 1. The Hall–Kier alpha value is -2.74. The van der Waals surface area contributed by atoms with E-state index in [1.807, 2.05) is 58.2 Å². The number of carbonyl (C=O) groups is 1. The number of amides is 1. The third-order valence-corrected chi connectivity index (χ3v) is 4.26. The first-order valence-electron chi connectivity index (χ1n) is 8.95. The maximum absolute atomic E-state index is 12.5. The molecular formula is C21H25N3O2. The van der Waals surface area contributed by atoms with Crippen LogP contribution in [-0.4, -0.2) is 33.1 Å². The number of H-pyrrole nitrogens is 1. The molecule has 136 valence electrons. The number of rotatable bonds is 2. The Morgan fingerprint density at radius 3 is 2.69 bits per heavy atom. The highest BCUT2D eigenvalue weighted by molar-refractivity contribution is 5.69. The van der Waals surface area contributed by atoms with E-state index in [-0.39, 0.29) is 12.1 Å². The molecule has 5 nitrogen and oxygen atoms in total. The molecule has 0 aliphatic carbocycles. The molecule has 1 atom stereocenters. The van der Waals surface area contributed by atoms with E-state index in [9.17, 15) is 4.79 Å². The summed E-state index contributed by atoms with van der Waals surface area (Å²) in [5.74, 6) is 6.74. The molecule has 2 heterocycles. The molecule has 2 aromatic rings. The lowest BCUT2D eigenvalue weighted by Gasteiger charge is -2.27. The van der Waals surface area contributed by atoms with Crippen molar-refractivity contribution in [3.8, 4) is 23.1 Å². The predicted octanol–water partition coefficient (Wildman–Crippen LogP) is 4.52. The quantitative estimate of drug-likeness (QED) is 0.809. The number of aromatic nitrogens is 2. The molecule has 1 amide bonds. The van der Waals surface area contributed by atoms with Crippen molar-refractivity contribution >= 4 is 6.09 Å². The fraction of sp³-hybridized carbons (Fsp3) is 0.429. The molecule has 1 aliphatic heterocycles. The van der Waals surface area contributed by atoms with Crippen molar-refractivity contribution in [2.75, 3.05) is 6.54 Å². The fourth-order valence-electron chi connectivity index (χ4n) is 3.12. The summed E-state index contributed by atoms with van der Waals surface area (Å²) in [6.45, 7) is 8.17. The van der Waals surface area contributed by atoms with Crippen LogP contribution in [0.4, 0.5) is 4.79 Å². The van der Waals surface area contributed by atoms with Gasteiger partial charge in [0.15, 0.2) is 0 Å². The van der Waals surface area contributed by atoms with Gasteiger partial charge in [-0.25, -0.2) is 9.78 Å². The lowest BCUT2D eigenvalue weighted by Crippen LogP contribution is -2.36. The van der Waals surface area contributed by atoms with E-state index in [1.165, 1.54) is 0 Å². The van der Waals surface area contributed by atoms with Crippen molar-refractivity contribution < 1.29 is 9.53 Å². The molecule has 1 aromatic heterocycles. The first-order valence-corrected chi connectivity index (χ1v) is 8.95. The van der Waals surface area contributed by atoms with E-state index in [0.29, 0.717) is 6.54 Å². The number of imidazole rings is 1. The molecular weight excluding hydrogens is 326 g/mol. The van der Waals surface area contributed by atoms with Crippen LogP contribution in [0.15, 0.2) is 30.5 Å². The molecule has 3 rings (SSSR count). The van der Waals surface area contributed by atoms with Crippen molar-refractivity contribution in [2.45, 2.75) is 52.2 Å². The van der Waals surface area contributed by atoms with Crippen molar-refractivity contribution in [1.29, 1.82) is 0 Å². The number of carbonyl (C=O) groups excluding carboxylic acids is 1. The molecule has 1 unspecified atom stereocenters. The van der Waals surface area contributed by atoms with Crippen LogP contribution in [0.3, 0.4) is 0 Å². The Morgan fingerprint density at radius 1 is 1.31 bits per heavy atom. The lowest BCUT2D eigenvalue weighted by molar-refractivity contribution is 0.0219. The summed E-state index contributed by atoms with van der Waals surface area (Å²) in [5, 5.41) is 0. The molecule has 1 aromatic carbocycles. The van der Waals surface area contributed by atoms with Crippen LogP contribution in [0.1, 0.15) is 58.0 Å². The van der Waals surface area contributed by atoms with Gasteiger partial charge in [-0.15, -0.1) is 5.92 Å². The van der Waals surface area contributed by atoms with Gasteiger partial charge in [0.2, 0.25) is 0 Å². The minimum Gasteiger partial charge on any atom is -0.444 e. The van der Waals surface area contributed by atoms with E-state index < -0.39 is 5.60 Å². The van der Waals surface area contributed by atoms with Gasteiger partial charge in [0.1, 0.15) is 11.4 Å². The molecule has 26 heavy (non-hydrogen) atoms. The van der Waals surface area contributed by atoms with E-state index in [1.54, 1.807) is 4.90 Å². The highest BCUT2D eigenvalue weighted by Gasteiger charge is 2.34. The van der Waals surface area contributed by atoms with E-state index in [0.717, 1.165) is 35.5 Å². The number of aromatic amines is 1. The second kappa shape index (κ2) is 7.25. The van der Waals surface area contributed by atoms with Crippen LogP contribution in [0.5, 0.6) is 0 Å². The van der Waals surface area contributed by atoms with Crippen molar-refractivity contribution in [3.63, 3.8) is 0 Å². The number of nitrogens with zero attached hydrogens (tertiary/aromatic N) is 2. The first-order chi connectivity index (χ1) is 12.4. The Morgan fingerprint density at radius 2 is 2.04 bits per heavy atom. The molecule has 1 aliphatic rings. The van der Waals surface area contributed by atoms with Gasteiger partial charge in [0, 0.05) is 12.1 Å². The third-order valence-electron chi connectivity index (χ3n) is 4.26. The second-order valence-electron chi connectivity index (χ2n) is 7.47.